The minimum atomic E-state index is -0.262. The van der Waals surface area contributed by atoms with E-state index in [1.54, 1.807) is 6.07 Å². The van der Waals surface area contributed by atoms with Crippen LogP contribution in [0.4, 0.5) is 0 Å². The van der Waals surface area contributed by atoms with Crippen molar-refractivity contribution in [3.05, 3.63) is 46.5 Å². The van der Waals surface area contributed by atoms with E-state index in [9.17, 15) is 4.79 Å². The lowest BCUT2D eigenvalue weighted by atomic mass is 10.1. The summed E-state index contributed by atoms with van der Waals surface area (Å²) in [6, 6.07) is 9.71. The lowest BCUT2D eigenvalue weighted by Gasteiger charge is -2.03. The van der Waals surface area contributed by atoms with Crippen LogP contribution in [0.15, 0.2) is 39.5 Å². The Balaban J connectivity index is 2.54. The normalized spacial score (nSPS) is 11.4. The molecule has 0 saturated carbocycles. The van der Waals surface area contributed by atoms with Crippen molar-refractivity contribution in [3.63, 3.8) is 0 Å². The van der Waals surface area contributed by atoms with Gasteiger partial charge in [-0.3, -0.25) is 0 Å². The van der Waals surface area contributed by atoms with Gasteiger partial charge < -0.3 is 8.98 Å². The van der Waals surface area contributed by atoms with Crippen molar-refractivity contribution in [2.45, 2.75) is 19.8 Å². The zero-order chi connectivity index (χ0) is 12.7. The van der Waals surface area contributed by atoms with Crippen LogP contribution in [-0.4, -0.2) is 4.57 Å². The van der Waals surface area contributed by atoms with Crippen LogP contribution in [0.1, 0.15) is 19.1 Å². The molecule has 0 unspecified atom stereocenters. The molecule has 0 bridgehead atoms. The molecule has 0 N–H and O–H groups in total. The molecule has 2 aromatic heterocycles. The molecule has 0 amide bonds. The third-order valence-corrected chi connectivity index (χ3v) is 3.37. The van der Waals surface area contributed by atoms with Gasteiger partial charge in [-0.1, -0.05) is 25.1 Å². The van der Waals surface area contributed by atoms with E-state index < -0.39 is 0 Å². The second-order valence-electron chi connectivity index (χ2n) is 4.58. The minimum absolute atomic E-state index is 0.262. The van der Waals surface area contributed by atoms with E-state index in [2.05, 4.69) is 17.6 Å². The van der Waals surface area contributed by atoms with Crippen molar-refractivity contribution in [3.8, 4) is 0 Å². The molecule has 18 heavy (non-hydrogen) atoms. The van der Waals surface area contributed by atoms with Crippen molar-refractivity contribution in [1.82, 2.24) is 4.57 Å². The van der Waals surface area contributed by atoms with Crippen molar-refractivity contribution in [2.75, 3.05) is 0 Å². The van der Waals surface area contributed by atoms with Crippen LogP contribution in [0.5, 0.6) is 0 Å². The largest absolute Gasteiger partial charge is 0.426 e. The highest BCUT2D eigenvalue weighted by Gasteiger charge is 2.13. The number of nitrogens with zero attached hydrogens (tertiary/aromatic N) is 1. The fourth-order valence-corrected chi connectivity index (χ4v) is 2.62. The van der Waals surface area contributed by atoms with Gasteiger partial charge in [0.15, 0.2) is 0 Å². The van der Waals surface area contributed by atoms with Crippen LogP contribution in [0.2, 0.25) is 0 Å². The average Bonchev–Trinajstić information content (AvgIpc) is 2.64. The monoisotopic (exact) mass is 241 g/mol. The van der Waals surface area contributed by atoms with Gasteiger partial charge in [0.1, 0.15) is 5.76 Å². The quantitative estimate of drug-likeness (QED) is 0.690. The Morgan fingerprint density at radius 1 is 1.22 bits per heavy atom. The summed E-state index contributed by atoms with van der Waals surface area (Å²) < 4.78 is 7.47. The Kier molecular flexibility index (Phi) is 2.47. The maximum atomic E-state index is 11.7. The van der Waals surface area contributed by atoms with E-state index in [1.165, 1.54) is 0 Å². The van der Waals surface area contributed by atoms with Gasteiger partial charge in [-0.25, -0.2) is 4.79 Å². The summed E-state index contributed by atoms with van der Waals surface area (Å²) in [5.74, 6) is 0.790. The first kappa shape index (κ1) is 11.1. The van der Waals surface area contributed by atoms with Gasteiger partial charge in [0.05, 0.1) is 5.52 Å². The number of aryl methyl sites for hydroxylation is 2. The molecular formula is C15H15NO2. The Hall–Kier alpha value is -2.03. The number of benzene rings is 1. The highest BCUT2D eigenvalue weighted by atomic mass is 16.4. The molecule has 2 heterocycles. The smallest absolute Gasteiger partial charge is 0.336 e. The van der Waals surface area contributed by atoms with Gasteiger partial charge in [0.2, 0.25) is 0 Å². The summed E-state index contributed by atoms with van der Waals surface area (Å²) in [5.41, 5.74) is 1.91. The highest BCUT2D eigenvalue weighted by molar-refractivity contribution is 6.08. The molecule has 0 radical (unpaired) electrons. The Labute approximate surface area is 105 Å². The second kappa shape index (κ2) is 4.02. The fourth-order valence-electron chi connectivity index (χ4n) is 2.62. The molecule has 1 aromatic carbocycles. The lowest BCUT2D eigenvalue weighted by molar-refractivity contribution is 0.463. The standard InChI is InChI=1S/C15H15NO2/c1-3-6-13-15-11(9-14(17)18-13)10-7-4-5-8-12(10)16(15)2/h4-5,7-9H,3,6H2,1-2H3. The highest BCUT2D eigenvalue weighted by Crippen LogP contribution is 2.29. The Bertz CT molecular complexity index is 780. The number of rotatable bonds is 2. The van der Waals surface area contributed by atoms with Crippen molar-refractivity contribution >= 4 is 21.8 Å². The van der Waals surface area contributed by atoms with Gasteiger partial charge in [0.25, 0.3) is 0 Å². The molecule has 92 valence electrons. The lowest BCUT2D eigenvalue weighted by Crippen LogP contribution is -2.02. The maximum absolute atomic E-state index is 11.7. The molecule has 0 spiro atoms. The van der Waals surface area contributed by atoms with Gasteiger partial charge in [-0.15, -0.1) is 0 Å². The maximum Gasteiger partial charge on any atom is 0.336 e. The van der Waals surface area contributed by atoms with Crippen LogP contribution in [0, 0.1) is 0 Å². The molecule has 3 nitrogen and oxygen atoms in total. The Morgan fingerprint density at radius 3 is 2.78 bits per heavy atom. The van der Waals surface area contributed by atoms with E-state index in [4.69, 9.17) is 4.42 Å². The van der Waals surface area contributed by atoms with Gasteiger partial charge >= 0.3 is 5.63 Å². The number of para-hydroxylation sites is 1. The first-order chi connectivity index (χ1) is 8.72. The zero-order valence-electron chi connectivity index (χ0n) is 10.6. The third kappa shape index (κ3) is 1.47. The summed E-state index contributed by atoms with van der Waals surface area (Å²) in [7, 11) is 2.02. The molecule has 0 fully saturated rings. The van der Waals surface area contributed by atoms with Gasteiger partial charge in [-0.2, -0.15) is 0 Å². The molecular weight excluding hydrogens is 226 g/mol. The second-order valence-corrected chi connectivity index (χ2v) is 4.58. The van der Waals surface area contributed by atoms with Crippen LogP contribution in [0.25, 0.3) is 21.8 Å². The average molecular weight is 241 g/mol. The van der Waals surface area contributed by atoms with E-state index in [0.29, 0.717) is 0 Å². The minimum Gasteiger partial charge on any atom is -0.426 e. The molecule has 0 aliphatic heterocycles. The van der Waals surface area contributed by atoms with Crippen LogP contribution in [-0.2, 0) is 13.5 Å². The number of hydrogen-bond donors (Lipinski definition) is 0. The number of fused-ring (bicyclic) bond motifs is 3. The van der Waals surface area contributed by atoms with Crippen LogP contribution in [0.3, 0.4) is 0 Å². The summed E-state index contributed by atoms with van der Waals surface area (Å²) in [6.07, 6.45) is 1.75. The third-order valence-electron chi connectivity index (χ3n) is 3.37. The molecule has 0 aliphatic rings. The van der Waals surface area contributed by atoms with Crippen molar-refractivity contribution in [1.29, 1.82) is 0 Å². The zero-order valence-corrected chi connectivity index (χ0v) is 10.6. The van der Waals surface area contributed by atoms with E-state index in [1.807, 2.05) is 25.2 Å². The molecule has 0 aliphatic carbocycles. The fraction of sp³-hybridized carbons (Fsp3) is 0.267. The topological polar surface area (TPSA) is 35.1 Å². The Morgan fingerprint density at radius 2 is 2.00 bits per heavy atom. The molecule has 3 rings (SSSR count). The number of hydrogen-bond acceptors (Lipinski definition) is 2. The van der Waals surface area contributed by atoms with Gasteiger partial charge in [0, 0.05) is 35.8 Å². The molecule has 0 atom stereocenters. The van der Waals surface area contributed by atoms with E-state index >= 15 is 0 Å². The molecule has 0 saturated heterocycles. The van der Waals surface area contributed by atoms with Crippen molar-refractivity contribution < 1.29 is 4.42 Å². The first-order valence-corrected chi connectivity index (χ1v) is 6.22. The van der Waals surface area contributed by atoms with Crippen LogP contribution < -0.4 is 5.63 Å². The summed E-state index contributed by atoms with van der Waals surface area (Å²) in [6.45, 7) is 2.08. The first-order valence-electron chi connectivity index (χ1n) is 6.22. The summed E-state index contributed by atoms with van der Waals surface area (Å²) in [5, 5.41) is 2.10. The van der Waals surface area contributed by atoms with E-state index in [0.717, 1.165) is 40.4 Å². The van der Waals surface area contributed by atoms with E-state index in [-0.39, 0.29) is 5.63 Å². The number of aromatic nitrogens is 1. The van der Waals surface area contributed by atoms with Crippen LogP contribution >= 0.6 is 0 Å². The summed E-state index contributed by atoms with van der Waals surface area (Å²) >= 11 is 0. The molecule has 3 heteroatoms. The predicted octanol–water partition coefficient (Wildman–Crippen LogP) is 3.24. The summed E-state index contributed by atoms with van der Waals surface area (Å²) in [4.78, 5) is 11.7. The SMILES string of the molecule is CCCc1oc(=O)cc2c3ccccc3n(C)c12. The van der Waals surface area contributed by atoms with Crippen molar-refractivity contribution in [2.24, 2.45) is 7.05 Å². The predicted molar refractivity (Wildman–Crippen MR) is 73.0 cm³/mol. The van der Waals surface area contributed by atoms with Gasteiger partial charge in [-0.05, 0) is 12.5 Å². The molecule has 3 aromatic rings.